The van der Waals surface area contributed by atoms with Crippen molar-refractivity contribution in [2.45, 2.75) is 18.9 Å². The van der Waals surface area contributed by atoms with Crippen LogP contribution in [0.2, 0.25) is 5.02 Å². The number of rotatable bonds is 2. The summed E-state index contributed by atoms with van der Waals surface area (Å²) in [5, 5.41) is 3.54. The van der Waals surface area contributed by atoms with Crippen molar-refractivity contribution in [3.8, 4) is 0 Å². The Kier molecular flexibility index (Phi) is 4.69. The Labute approximate surface area is 143 Å². The molecule has 0 bridgehead atoms. The SMILES string of the molecule is O=C(Nc1cccc(Cl)c1)N1CCCC1c1ccc(Br)cc1. The number of hydrogen-bond donors (Lipinski definition) is 1. The zero-order chi connectivity index (χ0) is 15.5. The standard InChI is InChI=1S/C17H16BrClN2O/c18-13-8-6-12(7-9-13)16-5-2-10-21(16)17(22)20-15-4-1-3-14(19)11-15/h1,3-4,6-9,11,16H,2,5,10H2,(H,20,22). The first-order valence-electron chi connectivity index (χ1n) is 7.22. The summed E-state index contributed by atoms with van der Waals surface area (Å²) in [7, 11) is 0. The first-order valence-corrected chi connectivity index (χ1v) is 8.39. The molecule has 0 aromatic heterocycles. The Morgan fingerprint density at radius 1 is 1.23 bits per heavy atom. The molecule has 3 nitrogen and oxygen atoms in total. The van der Waals surface area contributed by atoms with E-state index in [9.17, 15) is 4.79 Å². The Hall–Kier alpha value is -1.52. The van der Waals surface area contributed by atoms with E-state index in [1.807, 2.05) is 29.2 Å². The van der Waals surface area contributed by atoms with Crippen LogP contribution in [0.3, 0.4) is 0 Å². The van der Waals surface area contributed by atoms with Gasteiger partial charge in [0.2, 0.25) is 0 Å². The van der Waals surface area contributed by atoms with Crippen molar-refractivity contribution in [3.63, 3.8) is 0 Å². The number of likely N-dealkylation sites (tertiary alicyclic amines) is 1. The molecular formula is C17H16BrClN2O. The quantitative estimate of drug-likeness (QED) is 0.737. The topological polar surface area (TPSA) is 32.3 Å². The maximum Gasteiger partial charge on any atom is 0.322 e. The number of nitrogens with zero attached hydrogens (tertiary/aromatic N) is 1. The minimum Gasteiger partial charge on any atom is -0.317 e. The highest BCUT2D eigenvalue weighted by molar-refractivity contribution is 9.10. The highest BCUT2D eigenvalue weighted by Gasteiger charge is 2.29. The number of carbonyl (C=O) groups excluding carboxylic acids is 1. The summed E-state index contributed by atoms with van der Waals surface area (Å²) >= 11 is 9.40. The molecule has 2 aromatic carbocycles. The molecule has 1 heterocycles. The third-order valence-electron chi connectivity index (χ3n) is 3.84. The first kappa shape index (κ1) is 15.4. The number of carbonyl (C=O) groups is 1. The summed E-state index contributed by atoms with van der Waals surface area (Å²) in [5.74, 6) is 0. The van der Waals surface area contributed by atoms with E-state index in [2.05, 4.69) is 33.4 Å². The van der Waals surface area contributed by atoms with Gasteiger partial charge in [0.1, 0.15) is 0 Å². The van der Waals surface area contributed by atoms with E-state index in [0.29, 0.717) is 5.02 Å². The smallest absolute Gasteiger partial charge is 0.317 e. The second kappa shape index (κ2) is 6.71. The van der Waals surface area contributed by atoms with E-state index in [0.717, 1.165) is 29.5 Å². The largest absolute Gasteiger partial charge is 0.322 e. The minimum atomic E-state index is -0.0762. The molecule has 114 valence electrons. The van der Waals surface area contributed by atoms with E-state index in [-0.39, 0.29) is 12.1 Å². The lowest BCUT2D eigenvalue weighted by atomic mass is 10.1. The number of benzene rings is 2. The van der Waals surface area contributed by atoms with Crippen molar-refractivity contribution < 1.29 is 4.79 Å². The Balaban J connectivity index is 1.75. The number of nitrogens with one attached hydrogen (secondary N) is 1. The normalized spacial score (nSPS) is 17.5. The molecular weight excluding hydrogens is 364 g/mol. The summed E-state index contributed by atoms with van der Waals surface area (Å²) < 4.78 is 1.05. The van der Waals surface area contributed by atoms with Crippen LogP contribution in [-0.2, 0) is 0 Å². The van der Waals surface area contributed by atoms with Crippen LogP contribution in [-0.4, -0.2) is 17.5 Å². The summed E-state index contributed by atoms with van der Waals surface area (Å²) in [5.41, 5.74) is 1.89. The predicted molar refractivity (Wildman–Crippen MR) is 93.3 cm³/mol. The lowest BCUT2D eigenvalue weighted by Crippen LogP contribution is -2.34. The summed E-state index contributed by atoms with van der Waals surface area (Å²) in [6, 6.07) is 15.4. The third-order valence-corrected chi connectivity index (χ3v) is 4.61. The van der Waals surface area contributed by atoms with Crippen LogP contribution in [0.15, 0.2) is 53.0 Å². The van der Waals surface area contributed by atoms with Gasteiger partial charge in [-0.15, -0.1) is 0 Å². The molecule has 3 rings (SSSR count). The molecule has 1 N–H and O–H groups in total. The number of urea groups is 1. The van der Waals surface area contributed by atoms with Crippen LogP contribution in [0.5, 0.6) is 0 Å². The summed E-state index contributed by atoms with van der Waals surface area (Å²) in [4.78, 5) is 14.4. The van der Waals surface area contributed by atoms with Crippen molar-refractivity contribution in [2.75, 3.05) is 11.9 Å². The molecule has 2 aromatic rings. The molecule has 2 amide bonds. The first-order chi connectivity index (χ1) is 10.6. The maximum atomic E-state index is 12.5. The lowest BCUT2D eigenvalue weighted by molar-refractivity contribution is 0.207. The van der Waals surface area contributed by atoms with Crippen LogP contribution in [0, 0.1) is 0 Å². The van der Waals surface area contributed by atoms with Gasteiger partial charge in [-0.1, -0.05) is 45.7 Å². The second-order valence-electron chi connectivity index (χ2n) is 5.34. The fourth-order valence-electron chi connectivity index (χ4n) is 2.80. The van der Waals surface area contributed by atoms with Crippen LogP contribution < -0.4 is 5.32 Å². The molecule has 0 radical (unpaired) electrons. The van der Waals surface area contributed by atoms with Crippen molar-refractivity contribution in [1.82, 2.24) is 4.90 Å². The molecule has 0 spiro atoms. The van der Waals surface area contributed by atoms with E-state index < -0.39 is 0 Å². The Bertz CT molecular complexity index is 675. The Morgan fingerprint density at radius 2 is 2.00 bits per heavy atom. The molecule has 5 heteroatoms. The number of hydrogen-bond acceptors (Lipinski definition) is 1. The molecule has 1 fully saturated rings. The second-order valence-corrected chi connectivity index (χ2v) is 6.70. The van der Waals surface area contributed by atoms with E-state index in [1.54, 1.807) is 12.1 Å². The minimum absolute atomic E-state index is 0.0762. The van der Waals surface area contributed by atoms with Gasteiger partial charge in [-0.2, -0.15) is 0 Å². The lowest BCUT2D eigenvalue weighted by Gasteiger charge is -2.25. The fourth-order valence-corrected chi connectivity index (χ4v) is 3.26. The monoisotopic (exact) mass is 378 g/mol. The highest BCUT2D eigenvalue weighted by atomic mass is 79.9. The van der Waals surface area contributed by atoms with E-state index in [1.165, 1.54) is 5.56 Å². The van der Waals surface area contributed by atoms with Crippen LogP contribution in [0.4, 0.5) is 10.5 Å². The van der Waals surface area contributed by atoms with Gasteiger partial charge >= 0.3 is 6.03 Å². The van der Waals surface area contributed by atoms with Crippen LogP contribution in [0.1, 0.15) is 24.4 Å². The van der Waals surface area contributed by atoms with Gasteiger partial charge in [-0.25, -0.2) is 4.79 Å². The number of anilines is 1. The van der Waals surface area contributed by atoms with E-state index >= 15 is 0 Å². The van der Waals surface area contributed by atoms with Gasteiger partial charge in [-0.05, 0) is 48.7 Å². The van der Waals surface area contributed by atoms with Gasteiger partial charge in [0.15, 0.2) is 0 Å². The summed E-state index contributed by atoms with van der Waals surface area (Å²) in [6.07, 6.45) is 2.01. The molecule has 22 heavy (non-hydrogen) atoms. The van der Waals surface area contributed by atoms with Crippen molar-refractivity contribution in [1.29, 1.82) is 0 Å². The molecule has 0 saturated carbocycles. The highest BCUT2D eigenvalue weighted by Crippen LogP contribution is 2.33. The van der Waals surface area contributed by atoms with Gasteiger partial charge in [0.05, 0.1) is 6.04 Å². The maximum absolute atomic E-state index is 12.5. The zero-order valence-electron chi connectivity index (χ0n) is 11.9. The molecule has 1 aliphatic rings. The van der Waals surface area contributed by atoms with E-state index in [4.69, 9.17) is 11.6 Å². The number of halogens is 2. The molecule has 1 atom stereocenters. The molecule has 1 saturated heterocycles. The summed E-state index contributed by atoms with van der Waals surface area (Å²) in [6.45, 7) is 0.771. The van der Waals surface area contributed by atoms with Crippen LogP contribution in [0.25, 0.3) is 0 Å². The van der Waals surface area contributed by atoms with Crippen molar-refractivity contribution >= 4 is 39.2 Å². The van der Waals surface area contributed by atoms with Crippen LogP contribution >= 0.6 is 27.5 Å². The average Bonchev–Trinajstić information content (AvgIpc) is 2.97. The zero-order valence-corrected chi connectivity index (χ0v) is 14.3. The van der Waals surface area contributed by atoms with Crippen molar-refractivity contribution in [2.24, 2.45) is 0 Å². The third kappa shape index (κ3) is 3.45. The number of amides is 2. The fraction of sp³-hybridized carbons (Fsp3) is 0.235. The van der Waals surface area contributed by atoms with Gasteiger partial charge in [0.25, 0.3) is 0 Å². The predicted octanol–water partition coefficient (Wildman–Crippen LogP) is 5.47. The van der Waals surface area contributed by atoms with Gasteiger partial charge < -0.3 is 10.2 Å². The molecule has 0 aliphatic carbocycles. The van der Waals surface area contributed by atoms with Gasteiger partial charge in [0, 0.05) is 21.7 Å². The molecule has 1 aliphatic heterocycles. The van der Waals surface area contributed by atoms with Gasteiger partial charge in [-0.3, -0.25) is 0 Å². The molecule has 1 unspecified atom stereocenters. The Morgan fingerprint density at radius 3 is 2.73 bits per heavy atom. The van der Waals surface area contributed by atoms with Crippen molar-refractivity contribution in [3.05, 3.63) is 63.6 Å². The average molecular weight is 380 g/mol.